The molecular weight excluding hydrogens is 326 g/mol. The lowest BCUT2D eigenvalue weighted by molar-refractivity contribution is -0.135. The van der Waals surface area contributed by atoms with E-state index in [4.69, 9.17) is 5.73 Å². The number of carbonyl (C=O) groups excluding carboxylic acids is 2. The number of halogens is 1. The van der Waals surface area contributed by atoms with Gasteiger partial charge in [-0.05, 0) is 30.9 Å². The number of nitrogens with zero attached hydrogens (tertiary/aromatic N) is 1. The first-order valence-electron chi connectivity index (χ1n) is 8.43. The molecule has 1 aromatic carbocycles. The fourth-order valence-corrected chi connectivity index (χ4v) is 2.90. The third-order valence-electron chi connectivity index (χ3n) is 4.57. The van der Waals surface area contributed by atoms with Crippen LogP contribution in [0.15, 0.2) is 30.3 Å². The number of piperidine rings is 1. The predicted molar refractivity (Wildman–Crippen MR) is 98.2 cm³/mol. The molecule has 3 unspecified atom stereocenters. The maximum Gasteiger partial charge on any atom is 0.251 e. The average molecular weight is 354 g/mol. The summed E-state index contributed by atoms with van der Waals surface area (Å²) in [4.78, 5) is 27.1. The van der Waals surface area contributed by atoms with E-state index in [0.717, 1.165) is 25.8 Å². The topological polar surface area (TPSA) is 75.4 Å². The molecule has 3 atom stereocenters. The van der Waals surface area contributed by atoms with Gasteiger partial charge in [0, 0.05) is 24.7 Å². The number of nitrogens with two attached hydrogens (primary N) is 1. The molecule has 3 N–H and O–H groups in total. The van der Waals surface area contributed by atoms with Crippen molar-refractivity contribution in [3.8, 4) is 0 Å². The maximum atomic E-state index is 12.9. The van der Waals surface area contributed by atoms with Crippen LogP contribution in [-0.2, 0) is 4.79 Å². The monoisotopic (exact) mass is 353 g/mol. The van der Waals surface area contributed by atoms with Crippen molar-refractivity contribution in [1.82, 2.24) is 10.2 Å². The molecule has 5 nitrogen and oxygen atoms in total. The van der Waals surface area contributed by atoms with Crippen molar-refractivity contribution in [2.24, 2.45) is 11.7 Å². The van der Waals surface area contributed by atoms with E-state index in [1.807, 2.05) is 32.0 Å². The van der Waals surface area contributed by atoms with Gasteiger partial charge in [0.1, 0.15) is 6.04 Å². The largest absolute Gasteiger partial charge is 0.340 e. The fourth-order valence-electron chi connectivity index (χ4n) is 2.90. The number of amides is 2. The molecule has 1 aliphatic rings. The van der Waals surface area contributed by atoms with Crippen LogP contribution in [0.4, 0.5) is 0 Å². The van der Waals surface area contributed by atoms with Gasteiger partial charge in [-0.25, -0.2) is 0 Å². The van der Waals surface area contributed by atoms with Gasteiger partial charge in [0.15, 0.2) is 0 Å². The highest BCUT2D eigenvalue weighted by Gasteiger charge is 2.32. The Balaban J connectivity index is 0.00000288. The summed E-state index contributed by atoms with van der Waals surface area (Å²) in [7, 11) is 0. The third-order valence-corrected chi connectivity index (χ3v) is 4.57. The molecule has 0 bridgehead atoms. The number of hydrogen-bond donors (Lipinski definition) is 2. The molecule has 6 heteroatoms. The summed E-state index contributed by atoms with van der Waals surface area (Å²) in [6.45, 7) is 5.33. The van der Waals surface area contributed by atoms with Crippen molar-refractivity contribution in [2.45, 2.75) is 45.2 Å². The van der Waals surface area contributed by atoms with Crippen LogP contribution in [0.1, 0.15) is 43.5 Å². The highest BCUT2D eigenvalue weighted by atomic mass is 35.5. The van der Waals surface area contributed by atoms with Crippen LogP contribution in [0.2, 0.25) is 0 Å². The zero-order valence-corrected chi connectivity index (χ0v) is 15.2. The molecule has 2 rings (SSSR count). The van der Waals surface area contributed by atoms with E-state index in [1.54, 1.807) is 17.0 Å². The van der Waals surface area contributed by atoms with Gasteiger partial charge in [-0.3, -0.25) is 9.59 Å². The summed E-state index contributed by atoms with van der Waals surface area (Å²) < 4.78 is 0. The van der Waals surface area contributed by atoms with Crippen LogP contribution >= 0.6 is 12.4 Å². The predicted octanol–water partition coefficient (Wildman–Crippen LogP) is 2.20. The van der Waals surface area contributed by atoms with E-state index in [-0.39, 0.29) is 36.2 Å². The fraction of sp³-hybridized carbons (Fsp3) is 0.556. The van der Waals surface area contributed by atoms with Crippen molar-refractivity contribution < 1.29 is 9.59 Å². The van der Waals surface area contributed by atoms with Crippen LogP contribution in [-0.4, -0.2) is 41.9 Å². The Labute approximate surface area is 150 Å². The minimum absolute atomic E-state index is 0. The highest BCUT2D eigenvalue weighted by molar-refractivity contribution is 5.97. The summed E-state index contributed by atoms with van der Waals surface area (Å²) in [5.74, 6) is -0.141. The summed E-state index contributed by atoms with van der Waals surface area (Å²) in [6.07, 6.45) is 2.70. The second kappa shape index (κ2) is 9.64. The van der Waals surface area contributed by atoms with E-state index in [2.05, 4.69) is 5.32 Å². The molecule has 134 valence electrons. The van der Waals surface area contributed by atoms with Crippen molar-refractivity contribution in [3.63, 3.8) is 0 Å². The normalized spacial score (nSPS) is 19.8. The smallest absolute Gasteiger partial charge is 0.251 e. The van der Waals surface area contributed by atoms with E-state index in [9.17, 15) is 9.59 Å². The molecule has 1 heterocycles. The van der Waals surface area contributed by atoms with Gasteiger partial charge in [0.25, 0.3) is 5.91 Å². The zero-order chi connectivity index (χ0) is 16.8. The van der Waals surface area contributed by atoms with Crippen LogP contribution in [0, 0.1) is 5.92 Å². The number of benzene rings is 1. The molecule has 1 fully saturated rings. The van der Waals surface area contributed by atoms with E-state index in [1.165, 1.54) is 0 Å². The highest BCUT2D eigenvalue weighted by Crippen LogP contribution is 2.16. The molecule has 1 aliphatic heterocycles. The van der Waals surface area contributed by atoms with Gasteiger partial charge in [-0.2, -0.15) is 0 Å². The lowest BCUT2D eigenvalue weighted by atomic mass is 9.96. The molecule has 0 radical (unpaired) electrons. The Morgan fingerprint density at radius 2 is 2.00 bits per heavy atom. The van der Waals surface area contributed by atoms with E-state index < -0.39 is 6.04 Å². The first-order chi connectivity index (χ1) is 11.0. The van der Waals surface area contributed by atoms with Crippen LogP contribution in [0.25, 0.3) is 0 Å². The third kappa shape index (κ3) is 5.21. The first kappa shape index (κ1) is 20.5. The van der Waals surface area contributed by atoms with Crippen LogP contribution in [0.5, 0.6) is 0 Å². The number of rotatable bonds is 5. The Bertz CT molecular complexity index is 538. The molecule has 0 spiro atoms. The standard InChI is InChI=1S/C18H27N3O2.ClH/c1-3-13(2)16(18(23)21-11-7-10-15(19)12-21)20-17(22)14-8-5-4-6-9-14;/h4-6,8-9,13,15-16H,3,7,10-12,19H2,1-2H3,(H,20,22);1H. The summed E-state index contributed by atoms with van der Waals surface area (Å²) in [5.41, 5.74) is 6.56. The number of hydrogen-bond acceptors (Lipinski definition) is 3. The minimum Gasteiger partial charge on any atom is -0.340 e. The van der Waals surface area contributed by atoms with Crippen molar-refractivity contribution in [3.05, 3.63) is 35.9 Å². The van der Waals surface area contributed by atoms with Crippen molar-refractivity contribution in [2.75, 3.05) is 13.1 Å². The van der Waals surface area contributed by atoms with Gasteiger partial charge in [0.2, 0.25) is 5.91 Å². The van der Waals surface area contributed by atoms with Gasteiger partial charge in [-0.15, -0.1) is 12.4 Å². The Morgan fingerprint density at radius 1 is 1.33 bits per heavy atom. The molecular formula is C18H28ClN3O2. The number of nitrogens with one attached hydrogen (secondary N) is 1. The van der Waals surface area contributed by atoms with Gasteiger partial charge in [-0.1, -0.05) is 38.5 Å². The van der Waals surface area contributed by atoms with Crippen molar-refractivity contribution >= 4 is 24.2 Å². The molecule has 1 aromatic rings. The van der Waals surface area contributed by atoms with Crippen LogP contribution in [0.3, 0.4) is 0 Å². The molecule has 0 aromatic heterocycles. The molecule has 0 saturated carbocycles. The molecule has 24 heavy (non-hydrogen) atoms. The molecule has 2 amide bonds. The minimum atomic E-state index is -0.502. The van der Waals surface area contributed by atoms with Crippen molar-refractivity contribution in [1.29, 1.82) is 0 Å². The lowest BCUT2D eigenvalue weighted by Crippen LogP contribution is -2.55. The molecule has 1 saturated heterocycles. The van der Waals surface area contributed by atoms with Gasteiger partial charge in [0.05, 0.1) is 0 Å². The first-order valence-corrected chi connectivity index (χ1v) is 8.43. The molecule has 0 aliphatic carbocycles. The number of likely N-dealkylation sites (tertiary alicyclic amines) is 1. The quantitative estimate of drug-likeness (QED) is 0.852. The lowest BCUT2D eigenvalue weighted by Gasteiger charge is -2.35. The Hall–Kier alpha value is -1.59. The summed E-state index contributed by atoms with van der Waals surface area (Å²) in [6, 6.07) is 8.54. The average Bonchev–Trinajstić information content (AvgIpc) is 2.59. The second-order valence-electron chi connectivity index (χ2n) is 6.39. The van der Waals surface area contributed by atoms with Gasteiger partial charge >= 0.3 is 0 Å². The number of carbonyl (C=O) groups is 2. The van der Waals surface area contributed by atoms with E-state index >= 15 is 0 Å². The zero-order valence-electron chi connectivity index (χ0n) is 14.4. The maximum absolute atomic E-state index is 12.9. The SMILES string of the molecule is CCC(C)C(NC(=O)c1ccccc1)C(=O)N1CCCC(N)C1.Cl. The van der Waals surface area contributed by atoms with Gasteiger partial charge < -0.3 is 16.0 Å². The summed E-state index contributed by atoms with van der Waals surface area (Å²) >= 11 is 0. The van der Waals surface area contributed by atoms with Crippen LogP contribution < -0.4 is 11.1 Å². The van der Waals surface area contributed by atoms with E-state index in [0.29, 0.717) is 12.1 Å². The second-order valence-corrected chi connectivity index (χ2v) is 6.39. The summed E-state index contributed by atoms with van der Waals surface area (Å²) in [5, 5.41) is 2.92. The Morgan fingerprint density at radius 3 is 2.58 bits per heavy atom. The Kier molecular flexibility index (Phi) is 8.22.